The number of fused-ring (bicyclic) bond motifs is 1. The number of ether oxygens (including phenoxy) is 1. The van der Waals surface area contributed by atoms with E-state index in [4.69, 9.17) is 9.72 Å². The molecule has 0 N–H and O–H groups in total. The molecule has 5 rings (SSSR count). The van der Waals surface area contributed by atoms with Crippen molar-refractivity contribution in [2.24, 2.45) is 0 Å². The minimum Gasteiger partial charge on any atom is -0.492 e. The fourth-order valence-electron chi connectivity index (χ4n) is 4.60. The van der Waals surface area contributed by atoms with Crippen LogP contribution >= 0.6 is 0 Å². The number of anilines is 1. The van der Waals surface area contributed by atoms with Crippen LogP contribution in [0.25, 0.3) is 11.0 Å². The summed E-state index contributed by atoms with van der Waals surface area (Å²) in [6, 6.07) is 26.5. The van der Waals surface area contributed by atoms with Gasteiger partial charge in [-0.25, -0.2) is 4.98 Å². The maximum atomic E-state index is 13.1. The molecule has 162 valence electrons. The predicted molar refractivity (Wildman–Crippen MR) is 127 cm³/mol. The topological polar surface area (TPSA) is 47.4 Å². The molecule has 1 aliphatic rings. The highest BCUT2D eigenvalue weighted by Gasteiger charge is 2.35. The summed E-state index contributed by atoms with van der Waals surface area (Å²) in [6.45, 7) is 3.97. The van der Waals surface area contributed by atoms with E-state index in [-0.39, 0.29) is 11.8 Å². The van der Waals surface area contributed by atoms with E-state index in [0.717, 1.165) is 41.3 Å². The first-order valence-corrected chi connectivity index (χ1v) is 11.3. The lowest BCUT2D eigenvalue weighted by atomic mass is 10.1. The summed E-state index contributed by atoms with van der Waals surface area (Å²) < 4.78 is 8.09. The van der Waals surface area contributed by atoms with Gasteiger partial charge in [0.05, 0.1) is 23.3 Å². The smallest absolute Gasteiger partial charge is 0.227 e. The number of carbonyl (C=O) groups excluding carboxylic acids is 1. The molecular weight excluding hydrogens is 398 g/mol. The van der Waals surface area contributed by atoms with Crippen molar-refractivity contribution in [1.82, 2.24) is 9.55 Å². The van der Waals surface area contributed by atoms with E-state index in [9.17, 15) is 4.79 Å². The Morgan fingerprint density at radius 3 is 2.56 bits per heavy atom. The molecule has 0 bridgehead atoms. The second-order valence-corrected chi connectivity index (χ2v) is 8.15. The average Bonchev–Trinajstić information content (AvgIpc) is 3.39. The van der Waals surface area contributed by atoms with Crippen LogP contribution in [0.15, 0.2) is 78.9 Å². The van der Waals surface area contributed by atoms with Gasteiger partial charge in [-0.1, -0.05) is 54.6 Å². The third kappa shape index (κ3) is 3.86. The van der Waals surface area contributed by atoms with Crippen LogP contribution in [0.4, 0.5) is 5.69 Å². The Morgan fingerprint density at radius 1 is 0.969 bits per heavy atom. The number of para-hydroxylation sites is 4. The van der Waals surface area contributed by atoms with Crippen molar-refractivity contribution in [1.29, 1.82) is 0 Å². The van der Waals surface area contributed by atoms with Crippen LogP contribution in [-0.2, 0) is 17.8 Å². The zero-order chi connectivity index (χ0) is 21.9. The van der Waals surface area contributed by atoms with E-state index >= 15 is 0 Å². The van der Waals surface area contributed by atoms with Crippen molar-refractivity contribution < 1.29 is 9.53 Å². The molecule has 0 aliphatic carbocycles. The second-order valence-electron chi connectivity index (χ2n) is 8.15. The molecule has 1 saturated heterocycles. The molecular formula is C27H27N3O2. The Balaban J connectivity index is 1.46. The quantitative estimate of drug-likeness (QED) is 0.409. The largest absolute Gasteiger partial charge is 0.492 e. The van der Waals surface area contributed by atoms with Crippen molar-refractivity contribution >= 4 is 22.6 Å². The second kappa shape index (κ2) is 8.87. The van der Waals surface area contributed by atoms with Gasteiger partial charge in [0.2, 0.25) is 5.91 Å². The third-order valence-electron chi connectivity index (χ3n) is 6.10. The number of hydrogen-bond donors (Lipinski definition) is 0. The van der Waals surface area contributed by atoms with Crippen LogP contribution in [-0.4, -0.2) is 28.6 Å². The number of rotatable bonds is 7. The standard InChI is InChI=1S/C27H27N3O2/c1-2-32-25-15-9-8-14-24(25)30-19-21(18-26(30)31)27-28-22-12-6-7-13-23(22)29(27)17-16-20-10-4-3-5-11-20/h3-15,21H,2,16-19H2,1H3. The van der Waals surface area contributed by atoms with Gasteiger partial charge in [-0.05, 0) is 43.2 Å². The van der Waals surface area contributed by atoms with Gasteiger partial charge < -0.3 is 14.2 Å². The van der Waals surface area contributed by atoms with E-state index in [1.165, 1.54) is 5.56 Å². The maximum Gasteiger partial charge on any atom is 0.227 e. The van der Waals surface area contributed by atoms with Crippen LogP contribution in [0.5, 0.6) is 5.75 Å². The van der Waals surface area contributed by atoms with Crippen LogP contribution in [0, 0.1) is 0 Å². The van der Waals surface area contributed by atoms with Crippen molar-refractivity contribution in [2.75, 3.05) is 18.1 Å². The van der Waals surface area contributed by atoms with E-state index in [2.05, 4.69) is 47.0 Å². The molecule has 1 unspecified atom stereocenters. The van der Waals surface area contributed by atoms with Crippen LogP contribution in [0.2, 0.25) is 0 Å². The summed E-state index contributed by atoms with van der Waals surface area (Å²) in [6.07, 6.45) is 1.38. The van der Waals surface area contributed by atoms with Gasteiger partial charge in [0.25, 0.3) is 0 Å². The molecule has 32 heavy (non-hydrogen) atoms. The Bertz CT molecular complexity index is 1230. The van der Waals surface area contributed by atoms with E-state index in [1.807, 2.05) is 48.2 Å². The zero-order valence-electron chi connectivity index (χ0n) is 18.3. The first kappa shape index (κ1) is 20.3. The lowest BCUT2D eigenvalue weighted by Gasteiger charge is -2.20. The van der Waals surface area contributed by atoms with Crippen LogP contribution in [0.1, 0.15) is 30.7 Å². The van der Waals surface area contributed by atoms with Crippen molar-refractivity contribution in [3.8, 4) is 5.75 Å². The fourth-order valence-corrected chi connectivity index (χ4v) is 4.60. The SMILES string of the molecule is CCOc1ccccc1N1CC(c2nc3ccccc3n2CCc2ccccc2)CC1=O. The Morgan fingerprint density at radius 2 is 1.72 bits per heavy atom. The summed E-state index contributed by atoms with van der Waals surface area (Å²) >= 11 is 0. The molecule has 3 aromatic carbocycles. The summed E-state index contributed by atoms with van der Waals surface area (Å²) in [7, 11) is 0. The molecule has 0 radical (unpaired) electrons. The van der Waals surface area contributed by atoms with E-state index in [1.54, 1.807) is 0 Å². The number of aryl methyl sites for hydroxylation is 2. The summed E-state index contributed by atoms with van der Waals surface area (Å²) in [5.41, 5.74) is 4.25. The highest BCUT2D eigenvalue weighted by atomic mass is 16.5. The molecule has 1 atom stereocenters. The van der Waals surface area contributed by atoms with Gasteiger partial charge >= 0.3 is 0 Å². The number of hydrogen-bond acceptors (Lipinski definition) is 3. The number of benzene rings is 3. The van der Waals surface area contributed by atoms with Crippen LogP contribution < -0.4 is 9.64 Å². The first-order valence-electron chi connectivity index (χ1n) is 11.3. The number of nitrogens with zero attached hydrogens (tertiary/aromatic N) is 3. The van der Waals surface area contributed by atoms with Gasteiger partial charge in [-0.2, -0.15) is 0 Å². The monoisotopic (exact) mass is 425 g/mol. The predicted octanol–water partition coefficient (Wildman–Crippen LogP) is 5.20. The Kier molecular flexibility index (Phi) is 5.63. The highest BCUT2D eigenvalue weighted by Crippen LogP contribution is 2.37. The summed E-state index contributed by atoms with van der Waals surface area (Å²) in [5, 5.41) is 0. The minimum absolute atomic E-state index is 0.0420. The van der Waals surface area contributed by atoms with Gasteiger partial charge in [0.15, 0.2) is 0 Å². The van der Waals surface area contributed by atoms with Crippen LogP contribution in [0.3, 0.4) is 0 Å². The molecule has 1 aliphatic heterocycles. The molecule has 5 nitrogen and oxygen atoms in total. The zero-order valence-corrected chi connectivity index (χ0v) is 18.3. The molecule has 5 heteroatoms. The van der Waals surface area contributed by atoms with Crippen molar-refractivity contribution in [3.05, 3.63) is 90.3 Å². The molecule has 1 fully saturated rings. The molecule has 1 amide bonds. The molecule has 0 spiro atoms. The molecule has 4 aromatic rings. The molecule has 0 saturated carbocycles. The fraction of sp³-hybridized carbons (Fsp3) is 0.259. The molecule has 1 aromatic heterocycles. The average molecular weight is 426 g/mol. The van der Waals surface area contributed by atoms with E-state index < -0.39 is 0 Å². The normalized spacial score (nSPS) is 16.1. The number of carbonyl (C=O) groups is 1. The number of imidazole rings is 1. The molecule has 2 heterocycles. The van der Waals surface area contributed by atoms with Gasteiger partial charge in [0.1, 0.15) is 11.6 Å². The third-order valence-corrected chi connectivity index (χ3v) is 6.10. The van der Waals surface area contributed by atoms with Gasteiger partial charge in [0, 0.05) is 25.4 Å². The minimum atomic E-state index is 0.0420. The van der Waals surface area contributed by atoms with Crippen molar-refractivity contribution in [3.63, 3.8) is 0 Å². The number of amides is 1. The highest BCUT2D eigenvalue weighted by molar-refractivity contribution is 5.97. The Labute approximate surface area is 188 Å². The lowest BCUT2D eigenvalue weighted by molar-refractivity contribution is -0.117. The number of aromatic nitrogens is 2. The summed E-state index contributed by atoms with van der Waals surface area (Å²) in [4.78, 5) is 19.9. The maximum absolute atomic E-state index is 13.1. The Hall–Kier alpha value is -3.60. The van der Waals surface area contributed by atoms with Crippen molar-refractivity contribution in [2.45, 2.75) is 32.2 Å². The van der Waals surface area contributed by atoms with Gasteiger partial charge in [-0.15, -0.1) is 0 Å². The first-order chi connectivity index (χ1) is 15.7. The van der Waals surface area contributed by atoms with Gasteiger partial charge in [-0.3, -0.25) is 4.79 Å². The lowest BCUT2D eigenvalue weighted by Crippen LogP contribution is -2.25. The summed E-state index contributed by atoms with van der Waals surface area (Å²) in [5.74, 6) is 1.90. The van der Waals surface area contributed by atoms with E-state index in [0.29, 0.717) is 19.6 Å².